The van der Waals surface area contributed by atoms with Crippen LogP contribution in [-0.4, -0.2) is 12.8 Å². The van der Waals surface area contributed by atoms with Gasteiger partial charge in [-0.3, -0.25) is 4.99 Å². The summed E-state index contributed by atoms with van der Waals surface area (Å²) in [5, 5.41) is 9.27. The molecule has 2 aliphatic rings. The third kappa shape index (κ3) is 3.83. The molecular formula is C25H24N2. The van der Waals surface area contributed by atoms with Crippen molar-refractivity contribution >= 4 is 16.9 Å². The minimum Gasteiger partial charge on any atom is -0.287 e. The largest absolute Gasteiger partial charge is 0.287 e. The Morgan fingerprint density at radius 1 is 1.07 bits per heavy atom. The van der Waals surface area contributed by atoms with Crippen molar-refractivity contribution in [2.45, 2.75) is 26.2 Å². The van der Waals surface area contributed by atoms with E-state index in [1.807, 2.05) is 12.2 Å². The fourth-order valence-corrected chi connectivity index (χ4v) is 3.56. The smallest absolute Gasteiger partial charge is 0.0992 e. The van der Waals surface area contributed by atoms with Gasteiger partial charge in [-0.1, -0.05) is 49.6 Å². The first-order valence-electron chi connectivity index (χ1n) is 9.22. The molecule has 0 amide bonds. The van der Waals surface area contributed by atoms with Gasteiger partial charge in [0.05, 0.1) is 17.4 Å². The van der Waals surface area contributed by atoms with E-state index in [1.165, 1.54) is 23.1 Å². The molecule has 134 valence electrons. The molecule has 1 aromatic carbocycles. The fourth-order valence-electron chi connectivity index (χ4n) is 3.56. The van der Waals surface area contributed by atoms with E-state index in [2.05, 4.69) is 67.6 Å². The summed E-state index contributed by atoms with van der Waals surface area (Å²) in [5.74, 6) is 0. The Hall–Kier alpha value is -3.18. The van der Waals surface area contributed by atoms with E-state index in [0.29, 0.717) is 5.57 Å². The molecule has 0 heterocycles. The number of allylic oxidation sites excluding steroid dienone is 10. The van der Waals surface area contributed by atoms with Crippen LogP contribution >= 0.6 is 0 Å². The van der Waals surface area contributed by atoms with Crippen molar-refractivity contribution in [3.8, 4) is 6.07 Å². The summed E-state index contributed by atoms with van der Waals surface area (Å²) in [5.41, 5.74) is 8.72. The summed E-state index contributed by atoms with van der Waals surface area (Å²) in [6.45, 7) is 10.2. The molecule has 0 radical (unpaired) electrons. The fraction of sp³-hybridized carbons (Fsp3) is 0.200. The molecule has 0 N–H and O–H groups in total. The Kier molecular flexibility index (Phi) is 5.52. The minimum atomic E-state index is 0.406. The number of aliphatic imine (C=N–C) groups is 1. The predicted molar refractivity (Wildman–Crippen MR) is 115 cm³/mol. The van der Waals surface area contributed by atoms with Gasteiger partial charge in [-0.15, -0.1) is 0 Å². The van der Waals surface area contributed by atoms with Gasteiger partial charge in [-0.05, 0) is 71.8 Å². The number of hydrogen-bond donors (Lipinski definition) is 0. The number of benzene rings is 1. The summed E-state index contributed by atoms with van der Waals surface area (Å²) in [6, 6.07) is 10.7. The van der Waals surface area contributed by atoms with Gasteiger partial charge in [-0.25, -0.2) is 0 Å². The third-order valence-electron chi connectivity index (χ3n) is 5.03. The molecule has 27 heavy (non-hydrogen) atoms. The first-order chi connectivity index (χ1) is 13.0. The second kappa shape index (κ2) is 8.01. The maximum Gasteiger partial charge on any atom is 0.0992 e. The van der Waals surface area contributed by atoms with Crippen LogP contribution in [0.25, 0.3) is 11.1 Å². The molecule has 2 aliphatic carbocycles. The lowest BCUT2D eigenvalue weighted by Crippen LogP contribution is -2.10. The first kappa shape index (κ1) is 18.6. The lowest BCUT2D eigenvalue weighted by atomic mass is 9.87. The highest BCUT2D eigenvalue weighted by molar-refractivity contribution is 6.20. The molecule has 0 aromatic heterocycles. The first-order valence-corrected chi connectivity index (χ1v) is 9.22. The standard InChI is InChI=1S/C25H24N2/c1-17-8-6-5-7-9-23(17)21-12-10-20(11-13-21)22-14-18(2)25(27-4)24(15-22)19(3)16-26/h8-15H,2-3,5-7H2,1,4H3. The highest BCUT2D eigenvalue weighted by Crippen LogP contribution is 2.32. The summed E-state index contributed by atoms with van der Waals surface area (Å²) >= 11 is 0. The number of nitrogens with zero attached hydrogens (tertiary/aromatic N) is 2. The van der Waals surface area contributed by atoms with E-state index in [1.54, 1.807) is 7.05 Å². The summed E-state index contributed by atoms with van der Waals surface area (Å²) in [4.78, 5) is 4.28. The van der Waals surface area contributed by atoms with E-state index >= 15 is 0 Å². The molecule has 0 unspecified atom stereocenters. The molecule has 0 saturated carbocycles. The molecule has 0 bridgehead atoms. The van der Waals surface area contributed by atoms with Crippen LogP contribution in [0.2, 0.25) is 0 Å². The Morgan fingerprint density at radius 3 is 2.41 bits per heavy atom. The highest BCUT2D eigenvalue weighted by atomic mass is 14.7. The van der Waals surface area contributed by atoms with Crippen LogP contribution < -0.4 is 0 Å². The average molecular weight is 352 g/mol. The number of nitriles is 1. The molecule has 0 atom stereocenters. The minimum absolute atomic E-state index is 0.406. The second-order valence-corrected chi connectivity index (χ2v) is 6.86. The highest BCUT2D eigenvalue weighted by Gasteiger charge is 2.18. The Bertz CT molecular complexity index is 984. The van der Waals surface area contributed by atoms with Gasteiger partial charge in [0.1, 0.15) is 0 Å². The molecule has 2 heteroatoms. The summed E-state index contributed by atoms with van der Waals surface area (Å²) in [7, 11) is 1.71. The van der Waals surface area contributed by atoms with Crippen LogP contribution in [0.3, 0.4) is 0 Å². The molecule has 3 rings (SSSR count). The zero-order valence-corrected chi connectivity index (χ0v) is 16.0. The van der Waals surface area contributed by atoms with Gasteiger partial charge >= 0.3 is 0 Å². The van der Waals surface area contributed by atoms with Crippen LogP contribution in [0.15, 0.2) is 89.0 Å². The molecule has 0 saturated heterocycles. The maximum absolute atomic E-state index is 9.27. The predicted octanol–water partition coefficient (Wildman–Crippen LogP) is 6.23. The van der Waals surface area contributed by atoms with Gasteiger partial charge < -0.3 is 0 Å². The summed E-state index contributed by atoms with van der Waals surface area (Å²) < 4.78 is 0. The van der Waals surface area contributed by atoms with Crippen molar-refractivity contribution < 1.29 is 0 Å². The van der Waals surface area contributed by atoms with Gasteiger partial charge in [0, 0.05) is 12.6 Å². The zero-order chi connectivity index (χ0) is 19.4. The van der Waals surface area contributed by atoms with Crippen molar-refractivity contribution in [3.05, 3.63) is 95.1 Å². The average Bonchev–Trinajstić information content (AvgIpc) is 2.91. The van der Waals surface area contributed by atoms with Crippen LogP contribution in [0, 0.1) is 11.3 Å². The molecule has 0 fully saturated rings. The van der Waals surface area contributed by atoms with E-state index in [0.717, 1.165) is 40.8 Å². The zero-order valence-electron chi connectivity index (χ0n) is 16.0. The lowest BCUT2D eigenvalue weighted by Gasteiger charge is -2.18. The normalized spacial score (nSPS) is 18.7. The van der Waals surface area contributed by atoms with Crippen LogP contribution in [0.5, 0.6) is 0 Å². The van der Waals surface area contributed by atoms with E-state index in [4.69, 9.17) is 0 Å². The monoisotopic (exact) mass is 352 g/mol. The SMILES string of the molecule is C=C(C#N)C1=CC(c2ccc(C3=CCCCC=C3C)cc2)=CC(=C)C1=NC. The van der Waals surface area contributed by atoms with Gasteiger partial charge in [0.25, 0.3) is 0 Å². The Balaban J connectivity index is 1.97. The van der Waals surface area contributed by atoms with Gasteiger partial charge in [0.2, 0.25) is 0 Å². The van der Waals surface area contributed by atoms with E-state index < -0.39 is 0 Å². The van der Waals surface area contributed by atoms with Crippen LogP contribution in [-0.2, 0) is 0 Å². The molecule has 0 spiro atoms. The van der Waals surface area contributed by atoms with Crippen LogP contribution in [0.4, 0.5) is 0 Å². The summed E-state index contributed by atoms with van der Waals surface area (Å²) in [6.07, 6.45) is 12.2. The number of rotatable bonds is 3. The van der Waals surface area contributed by atoms with E-state index in [9.17, 15) is 5.26 Å². The third-order valence-corrected chi connectivity index (χ3v) is 5.03. The topological polar surface area (TPSA) is 36.1 Å². The number of hydrogen-bond acceptors (Lipinski definition) is 2. The second-order valence-electron chi connectivity index (χ2n) is 6.86. The van der Waals surface area contributed by atoms with Crippen LogP contribution in [0.1, 0.15) is 37.3 Å². The molecule has 0 aliphatic heterocycles. The molecular weight excluding hydrogens is 328 g/mol. The van der Waals surface area contributed by atoms with E-state index in [-0.39, 0.29) is 0 Å². The van der Waals surface area contributed by atoms with Crippen molar-refractivity contribution in [2.24, 2.45) is 4.99 Å². The van der Waals surface area contributed by atoms with Gasteiger partial charge in [0.15, 0.2) is 0 Å². The molecule has 1 aromatic rings. The lowest BCUT2D eigenvalue weighted by molar-refractivity contribution is 0.874. The van der Waals surface area contributed by atoms with Crippen molar-refractivity contribution in [3.63, 3.8) is 0 Å². The maximum atomic E-state index is 9.27. The van der Waals surface area contributed by atoms with Crippen molar-refractivity contribution in [1.82, 2.24) is 0 Å². The van der Waals surface area contributed by atoms with Gasteiger partial charge in [-0.2, -0.15) is 5.26 Å². The van der Waals surface area contributed by atoms with Crippen molar-refractivity contribution in [2.75, 3.05) is 7.05 Å². The molecule has 2 nitrogen and oxygen atoms in total. The van der Waals surface area contributed by atoms with Crippen molar-refractivity contribution in [1.29, 1.82) is 5.26 Å². The Morgan fingerprint density at radius 2 is 1.74 bits per heavy atom. The quantitative estimate of drug-likeness (QED) is 0.594. The Labute approximate surface area is 162 Å².